The van der Waals surface area contributed by atoms with Crippen molar-refractivity contribution in [3.63, 3.8) is 0 Å². The van der Waals surface area contributed by atoms with Crippen LogP contribution in [0.4, 0.5) is 17.6 Å². The summed E-state index contributed by atoms with van der Waals surface area (Å²) >= 11 is 0. The van der Waals surface area contributed by atoms with Crippen LogP contribution in [0.2, 0.25) is 0 Å². The Bertz CT molecular complexity index is 213. The average molecular weight is 212 g/mol. The largest absolute Gasteiger partial charge is 0.411 e. The molecule has 2 fully saturated rings. The van der Waals surface area contributed by atoms with Crippen LogP contribution in [0.1, 0.15) is 19.3 Å². The van der Waals surface area contributed by atoms with E-state index < -0.39 is 19.0 Å². The van der Waals surface area contributed by atoms with Crippen LogP contribution in [0.25, 0.3) is 0 Å². The molecule has 4 atom stereocenters. The smallest absolute Gasteiger partial charge is 0.369 e. The van der Waals surface area contributed by atoms with Gasteiger partial charge in [-0.15, -0.1) is 0 Å². The highest BCUT2D eigenvalue weighted by molar-refractivity contribution is 4.96. The van der Waals surface area contributed by atoms with Gasteiger partial charge in [0, 0.05) is 0 Å². The first kappa shape index (κ1) is 10.2. The Balaban J connectivity index is 1.80. The fraction of sp³-hybridized carbons (Fsp3) is 1.00. The second kappa shape index (κ2) is 3.36. The van der Waals surface area contributed by atoms with E-state index in [2.05, 4.69) is 0 Å². The van der Waals surface area contributed by atoms with Gasteiger partial charge in [0.25, 0.3) is 0 Å². The van der Waals surface area contributed by atoms with E-state index in [4.69, 9.17) is 4.74 Å². The summed E-state index contributed by atoms with van der Waals surface area (Å²) in [5.41, 5.74) is 0. The molecule has 0 radical (unpaired) electrons. The minimum absolute atomic E-state index is 0.0114. The van der Waals surface area contributed by atoms with Crippen molar-refractivity contribution in [1.29, 1.82) is 0 Å². The SMILES string of the molecule is F[C@H]1C[C@H]2C[C@@H]1C[C@@H]2OCC(F)(F)F. The molecule has 2 rings (SSSR count). The Morgan fingerprint density at radius 3 is 2.21 bits per heavy atom. The second-order valence-corrected chi connectivity index (χ2v) is 4.21. The minimum atomic E-state index is -4.27. The van der Waals surface area contributed by atoms with Gasteiger partial charge in [0.15, 0.2) is 0 Å². The van der Waals surface area contributed by atoms with Crippen LogP contribution in [0.15, 0.2) is 0 Å². The Morgan fingerprint density at radius 1 is 1.07 bits per heavy atom. The van der Waals surface area contributed by atoms with Crippen LogP contribution in [-0.4, -0.2) is 25.1 Å². The van der Waals surface area contributed by atoms with Crippen LogP contribution >= 0.6 is 0 Å². The summed E-state index contributed by atoms with van der Waals surface area (Å²) in [6, 6.07) is 0. The van der Waals surface area contributed by atoms with E-state index in [1.165, 1.54) is 0 Å². The summed E-state index contributed by atoms with van der Waals surface area (Å²) < 4.78 is 53.2. The number of hydrogen-bond acceptors (Lipinski definition) is 1. The van der Waals surface area contributed by atoms with Crippen molar-refractivity contribution in [3.8, 4) is 0 Å². The third-order valence-corrected chi connectivity index (χ3v) is 3.17. The average Bonchev–Trinajstić information content (AvgIpc) is 2.57. The molecule has 2 aliphatic rings. The number of halogens is 4. The van der Waals surface area contributed by atoms with Gasteiger partial charge in [-0.05, 0) is 31.1 Å². The van der Waals surface area contributed by atoms with Gasteiger partial charge in [0.05, 0.1) is 6.10 Å². The fourth-order valence-electron chi connectivity index (χ4n) is 2.56. The van der Waals surface area contributed by atoms with Crippen LogP contribution in [0.5, 0.6) is 0 Å². The lowest BCUT2D eigenvalue weighted by atomic mass is 9.96. The lowest BCUT2D eigenvalue weighted by Crippen LogP contribution is -2.29. The second-order valence-electron chi connectivity index (χ2n) is 4.21. The zero-order valence-corrected chi connectivity index (χ0v) is 7.56. The third-order valence-electron chi connectivity index (χ3n) is 3.17. The van der Waals surface area contributed by atoms with E-state index in [0.717, 1.165) is 0 Å². The van der Waals surface area contributed by atoms with Crippen LogP contribution < -0.4 is 0 Å². The van der Waals surface area contributed by atoms with E-state index >= 15 is 0 Å². The van der Waals surface area contributed by atoms with Gasteiger partial charge >= 0.3 is 6.18 Å². The van der Waals surface area contributed by atoms with Crippen molar-refractivity contribution in [2.75, 3.05) is 6.61 Å². The summed E-state index contributed by atoms with van der Waals surface area (Å²) in [6.07, 6.45) is -3.91. The Kier molecular flexibility index (Phi) is 2.45. The summed E-state index contributed by atoms with van der Waals surface area (Å²) in [4.78, 5) is 0. The number of alkyl halides is 4. The normalized spacial score (nSPS) is 42.0. The predicted molar refractivity (Wildman–Crippen MR) is 41.5 cm³/mol. The lowest BCUT2D eigenvalue weighted by Gasteiger charge is -2.24. The number of hydrogen-bond donors (Lipinski definition) is 0. The number of rotatable bonds is 2. The van der Waals surface area contributed by atoms with Gasteiger partial charge in [-0.25, -0.2) is 4.39 Å². The highest BCUT2D eigenvalue weighted by atomic mass is 19.4. The molecule has 1 nitrogen and oxygen atoms in total. The van der Waals surface area contributed by atoms with E-state index in [1.807, 2.05) is 0 Å². The maximum absolute atomic E-state index is 13.0. The predicted octanol–water partition coefficient (Wildman–Crippen LogP) is 2.70. The zero-order chi connectivity index (χ0) is 10.3. The van der Waals surface area contributed by atoms with E-state index in [-0.39, 0.29) is 17.9 Å². The topological polar surface area (TPSA) is 9.23 Å². The molecule has 82 valence electrons. The molecule has 0 heterocycles. The van der Waals surface area contributed by atoms with Gasteiger partial charge in [0.2, 0.25) is 0 Å². The molecule has 2 aliphatic carbocycles. The minimum Gasteiger partial charge on any atom is -0.369 e. The van der Waals surface area contributed by atoms with Gasteiger partial charge in [-0.1, -0.05) is 0 Å². The Morgan fingerprint density at radius 2 is 1.79 bits per heavy atom. The first-order chi connectivity index (χ1) is 6.46. The third kappa shape index (κ3) is 2.02. The fourth-order valence-corrected chi connectivity index (χ4v) is 2.56. The molecule has 2 saturated carbocycles. The molecule has 0 N–H and O–H groups in total. The molecule has 2 bridgehead atoms. The maximum Gasteiger partial charge on any atom is 0.411 e. The van der Waals surface area contributed by atoms with Crippen molar-refractivity contribution in [1.82, 2.24) is 0 Å². The van der Waals surface area contributed by atoms with E-state index in [1.54, 1.807) is 0 Å². The maximum atomic E-state index is 13.0. The van der Waals surface area contributed by atoms with E-state index in [0.29, 0.717) is 19.3 Å². The van der Waals surface area contributed by atoms with Gasteiger partial charge in [0.1, 0.15) is 12.8 Å². The van der Waals surface area contributed by atoms with Crippen molar-refractivity contribution >= 4 is 0 Å². The molecule has 0 unspecified atom stereocenters. The summed E-state index contributed by atoms with van der Waals surface area (Å²) in [5.74, 6) is -0.0458. The molecule has 0 aromatic rings. The van der Waals surface area contributed by atoms with Gasteiger partial charge in [-0.3, -0.25) is 0 Å². The van der Waals surface area contributed by atoms with Crippen molar-refractivity contribution in [3.05, 3.63) is 0 Å². The zero-order valence-electron chi connectivity index (χ0n) is 7.56. The van der Waals surface area contributed by atoms with Crippen molar-refractivity contribution in [2.45, 2.75) is 37.7 Å². The summed E-state index contributed by atoms with van der Waals surface area (Å²) in [7, 11) is 0. The van der Waals surface area contributed by atoms with E-state index in [9.17, 15) is 17.6 Å². The number of fused-ring (bicyclic) bond motifs is 2. The number of ether oxygens (including phenoxy) is 1. The molecule has 0 amide bonds. The van der Waals surface area contributed by atoms with Crippen molar-refractivity contribution in [2.24, 2.45) is 11.8 Å². The van der Waals surface area contributed by atoms with Crippen LogP contribution in [-0.2, 0) is 4.74 Å². The van der Waals surface area contributed by atoms with Crippen molar-refractivity contribution < 1.29 is 22.3 Å². The first-order valence-electron chi connectivity index (χ1n) is 4.78. The standard InChI is InChI=1S/C9H12F4O/c10-7-2-6-1-5(7)3-8(6)14-4-9(11,12)13/h5-8H,1-4H2/t5-,6-,7+,8+/m1/s1. The molecule has 5 heteroatoms. The molecule has 0 aromatic carbocycles. The molecule has 0 aromatic heterocycles. The Labute approximate surface area is 79.4 Å². The summed E-state index contributed by atoms with van der Waals surface area (Å²) in [6.45, 7) is -1.20. The van der Waals surface area contributed by atoms with Crippen LogP contribution in [0, 0.1) is 11.8 Å². The van der Waals surface area contributed by atoms with Gasteiger partial charge in [-0.2, -0.15) is 13.2 Å². The van der Waals surface area contributed by atoms with Crippen LogP contribution in [0.3, 0.4) is 0 Å². The monoisotopic (exact) mass is 212 g/mol. The summed E-state index contributed by atoms with van der Waals surface area (Å²) in [5, 5.41) is 0. The Hall–Kier alpha value is -0.320. The molecule has 0 aliphatic heterocycles. The highest BCUT2D eigenvalue weighted by Crippen LogP contribution is 2.47. The quantitative estimate of drug-likeness (QED) is 0.639. The van der Waals surface area contributed by atoms with Gasteiger partial charge < -0.3 is 4.74 Å². The molecule has 0 saturated heterocycles. The molecular formula is C9H12F4O. The highest BCUT2D eigenvalue weighted by Gasteiger charge is 2.47. The molecule has 14 heavy (non-hydrogen) atoms. The lowest BCUT2D eigenvalue weighted by molar-refractivity contribution is -0.190. The molecule has 0 spiro atoms. The first-order valence-corrected chi connectivity index (χ1v) is 4.78. The molecular weight excluding hydrogens is 200 g/mol.